The molecule has 0 fully saturated rings. The van der Waals surface area contributed by atoms with Crippen molar-refractivity contribution < 1.29 is 0 Å². The monoisotopic (exact) mass is 265 g/mol. The van der Waals surface area contributed by atoms with Crippen LogP contribution in [0.2, 0.25) is 5.02 Å². The molecule has 0 unspecified atom stereocenters. The smallest absolute Gasteiger partial charge is 0.0717 e. The predicted octanol–water partition coefficient (Wildman–Crippen LogP) is 5.06. The van der Waals surface area contributed by atoms with Crippen molar-refractivity contribution in [3.05, 3.63) is 76.9 Å². The molecule has 1 heterocycles. The molecule has 3 aromatic rings. The van der Waals surface area contributed by atoms with Crippen LogP contribution >= 0.6 is 11.6 Å². The molecule has 0 saturated heterocycles. The molecule has 0 radical (unpaired) electrons. The molecule has 0 bridgehead atoms. The summed E-state index contributed by atoms with van der Waals surface area (Å²) in [5.74, 6) is 0. The molecule has 0 amide bonds. The number of hydrogen-bond acceptors (Lipinski definition) is 1. The number of benzene rings is 2. The first kappa shape index (κ1) is 11.9. The molecule has 2 aromatic carbocycles. The Kier molecular flexibility index (Phi) is 3.30. The zero-order chi connectivity index (χ0) is 13.1. The predicted molar refractivity (Wildman–Crippen MR) is 82.1 cm³/mol. The summed E-state index contributed by atoms with van der Waals surface area (Å²) in [6.07, 6.45) is 5.85. The number of fused-ring (bicyclic) bond motifs is 1. The first-order chi connectivity index (χ1) is 9.34. The lowest BCUT2D eigenvalue weighted by Gasteiger charge is -2.03. The Morgan fingerprint density at radius 2 is 1.58 bits per heavy atom. The number of halogens is 1. The second-order valence-electron chi connectivity index (χ2n) is 4.29. The standard InChI is InChI=1S/C17H12ClN/c18-17-14(11-10-13-6-2-1-3-7-13)12-19-16-9-5-4-8-15(16)17/h1-12H/b11-10+. The third-order valence-corrected chi connectivity index (χ3v) is 3.41. The Balaban J connectivity index is 2.02. The van der Waals surface area contributed by atoms with Crippen LogP contribution in [-0.2, 0) is 0 Å². The minimum absolute atomic E-state index is 0.748. The molecule has 0 atom stereocenters. The van der Waals surface area contributed by atoms with Crippen molar-refractivity contribution >= 4 is 34.7 Å². The highest BCUT2D eigenvalue weighted by Crippen LogP contribution is 2.26. The van der Waals surface area contributed by atoms with E-state index in [2.05, 4.69) is 17.1 Å². The maximum absolute atomic E-state index is 6.42. The normalized spacial score (nSPS) is 11.2. The van der Waals surface area contributed by atoms with Crippen LogP contribution in [0.3, 0.4) is 0 Å². The van der Waals surface area contributed by atoms with E-state index >= 15 is 0 Å². The summed E-state index contributed by atoms with van der Waals surface area (Å²) in [5.41, 5.74) is 3.00. The van der Waals surface area contributed by atoms with Crippen molar-refractivity contribution in [2.45, 2.75) is 0 Å². The molecule has 0 N–H and O–H groups in total. The lowest BCUT2D eigenvalue weighted by Crippen LogP contribution is -1.83. The van der Waals surface area contributed by atoms with Gasteiger partial charge in [-0.05, 0) is 11.6 Å². The molecule has 0 aliphatic carbocycles. The average molecular weight is 266 g/mol. The van der Waals surface area contributed by atoms with Gasteiger partial charge in [0, 0.05) is 17.1 Å². The maximum atomic E-state index is 6.42. The van der Waals surface area contributed by atoms with Gasteiger partial charge in [0.15, 0.2) is 0 Å². The second kappa shape index (κ2) is 5.25. The van der Waals surface area contributed by atoms with Crippen molar-refractivity contribution in [1.29, 1.82) is 0 Å². The lowest BCUT2D eigenvalue weighted by atomic mass is 10.1. The van der Waals surface area contributed by atoms with Gasteiger partial charge in [0.05, 0.1) is 10.5 Å². The number of pyridine rings is 1. The van der Waals surface area contributed by atoms with Crippen molar-refractivity contribution in [3.8, 4) is 0 Å². The fourth-order valence-electron chi connectivity index (χ4n) is 1.99. The van der Waals surface area contributed by atoms with Crippen LogP contribution < -0.4 is 0 Å². The summed E-state index contributed by atoms with van der Waals surface area (Å²) in [6.45, 7) is 0. The summed E-state index contributed by atoms with van der Waals surface area (Å²) in [7, 11) is 0. The maximum Gasteiger partial charge on any atom is 0.0717 e. The van der Waals surface area contributed by atoms with Crippen molar-refractivity contribution in [3.63, 3.8) is 0 Å². The molecule has 3 rings (SSSR count). The fraction of sp³-hybridized carbons (Fsp3) is 0. The van der Waals surface area contributed by atoms with E-state index in [4.69, 9.17) is 11.6 Å². The number of aromatic nitrogens is 1. The van der Waals surface area contributed by atoms with Gasteiger partial charge in [-0.3, -0.25) is 4.98 Å². The van der Waals surface area contributed by atoms with Crippen LogP contribution in [0.25, 0.3) is 23.1 Å². The van der Waals surface area contributed by atoms with E-state index in [9.17, 15) is 0 Å². The van der Waals surface area contributed by atoms with E-state index in [1.54, 1.807) is 0 Å². The Morgan fingerprint density at radius 3 is 2.42 bits per heavy atom. The number of para-hydroxylation sites is 1. The van der Waals surface area contributed by atoms with Crippen LogP contribution in [0, 0.1) is 0 Å². The minimum atomic E-state index is 0.748. The van der Waals surface area contributed by atoms with E-state index in [0.29, 0.717) is 0 Å². The van der Waals surface area contributed by atoms with Crippen molar-refractivity contribution in [1.82, 2.24) is 4.98 Å². The lowest BCUT2D eigenvalue weighted by molar-refractivity contribution is 1.40. The van der Waals surface area contributed by atoms with Gasteiger partial charge in [0.25, 0.3) is 0 Å². The van der Waals surface area contributed by atoms with Crippen LogP contribution in [0.5, 0.6) is 0 Å². The average Bonchev–Trinajstić information content (AvgIpc) is 2.48. The van der Waals surface area contributed by atoms with Gasteiger partial charge in [0.1, 0.15) is 0 Å². The second-order valence-corrected chi connectivity index (χ2v) is 4.67. The molecule has 0 spiro atoms. The van der Waals surface area contributed by atoms with Gasteiger partial charge in [-0.2, -0.15) is 0 Å². The Labute approximate surface area is 117 Å². The van der Waals surface area contributed by atoms with E-state index in [-0.39, 0.29) is 0 Å². The SMILES string of the molecule is Clc1c(/C=C/c2ccccc2)cnc2ccccc12. The summed E-state index contributed by atoms with van der Waals surface area (Å²) >= 11 is 6.42. The molecule has 92 valence electrons. The first-order valence-corrected chi connectivity index (χ1v) is 6.49. The van der Waals surface area contributed by atoms with E-state index in [1.807, 2.05) is 60.8 Å². The first-order valence-electron chi connectivity index (χ1n) is 6.11. The van der Waals surface area contributed by atoms with E-state index in [1.165, 1.54) is 0 Å². The van der Waals surface area contributed by atoms with Gasteiger partial charge < -0.3 is 0 Å². The van der Waals surface area contributed by atoms with Gasteiger partial charge in [0.2, 0.25) is 0 Å². The third kappa shape index (κ3) is 2.51. The highest BCUT2D eigenvalue weighted by atomic mass is 35.5. The topological polar surface area (TPSA) is 12.9 Å². The van der Waals surface area contributed by atoms with Gasteiger partial charge >= 0.3 is 0 Å². The third-order valence-electron chi connectivity index (χ3n) is 2.99. The Bertz CT molecular complexity index is 733. The summed E-state index contributed by atoms with van der Waals surface area (Å²) in [6, 6.07) is 18.0. The molecule has 1 nitrogen and oxygen atoms in total. The van der Waals surface area contributed by atoms with Crippen LogP contribution in [0.15, 0.2) is 60.8 Å². The zero-order valence-corrected chi connectivity index (χ0v) is 11.0. The molecule has 2 heteroatoms. The number of rotatable bonds is 2. The highest BCUT2D eigenvalue weighted by molar-refractivity contribution is 6.36. The quantitative estimate of drug-likeness (QED) is 0.631. The molecular formula is C17H12ClN. The molecule has 0 aliphatic rings. The molecule has 1 aromatic heterocycles. The Hall–Kier alpha value is -2.12. The number of hydrogen-bond donors (Lipinski definition) is 0. The number of nitrogens with zero attached hydrogens (tertiary/aromatic N) is 1. The van der Waals surface area contributed by atoms with Crippen LogP contribution in [0.1, 0.15) is 11.1 Å². The highest BCUT2D eigenvalue weighted by Gasteiger charge is 2.03. The summed E-state index contributed by atoms with van der Waals surface area (Å²) in [4.78, 5) is 4.42. The van der Waals surface area contributed by atoms with E-state index in [0.717, 1.165) is 27.1 Å². The summed E-state index contributed by atoms with van der Waals surface area (Å²) < 4.78 is 0. The van der Waals surface area contributed by atoms with Gasteiger partial charge in [-0.25, -0.2) is 0 Å². The van der Waals surface area contributed by atoms with Gasteiger partial charge in [-0.1, -0.05) is 72.3 Å². The fourth-order valence-corrected chi connectivity index (χ4v) is 2.26. The largest absolute Gasteiger partial charge is 0.256 e. The molecular weight excluding hydrogens is 254 g/mol. The Morgan fingerprint density at radius 1 is 0.842 bits per heavy atom. The molecule has 19 heavy (non-hydrogen) atoms. The van der Waals surface area contributed by atoms with Gasteiger partial charge in [-0.15, -0.1) is 0 Å². The minimum Gasteiger partial charge on any atom is -0.256 e. The summed E-state index contributed by atoms with van der Waals surface area (Å²) in [5, 5.41) is 1.73. The zero-order valence-electron chi connectivity index (χ0n) is 10.3. The van der Waals surface area contributed by atoms with Crippen LogP contribution in [-0.4, -0.2) is 4.98 Å². The van der Waals surface area contributed by atoms with E-state index < -0.39 is 0 Å². The molecule has 0 saturated carbocycles. The van der Waals surface area contributed by atoms with Crippen molar-refractivity contribution in [2.24, 2.45) is 0 Å². The molecule has 0 aliphatic heterocycles. The van der Waals surface area contributed by atoms with Crippen LogP contribution in [0.4, 0.5) is 0 Å². The van der Waals surface area contributed by atoms with Crippen molar-refractivity contribution in [2.75, 3.05) is 0 Å².